The fourth-order valence-corrected chi connectivity index (χ4v) is 2.72. The first kappa shape index (κ1) is 14.0. The molecule has 0 unspecified atom stereocenters. The summed E-state index contributed by atoms with van der Waals surface area (Å²) in [5.41, 5.74) is 8.65. The lowest BCUT2D eigenvalue weighted by molar-refractivity contribution is 0.298. The average Bonchev–Trinajstić information content (AvgIpc) is 2.49. The van der Waals surface area contributed by atoms with Crippen molar-refractivity contribution in [1.82, 2.24) is 0 Å². The van der Waals surface area contributed by atoms with Gasteiger partial charge in [-0.05, 0) is 60.7 Å². The fourth-order valence-electron chi connectivity index (χ4n) is 2.72. The number of ether oxygens (including phenoxy) is 1. The molecule has 0 saturated carbocycles. The summed E-state index contributed by atoms with van der Waals surface area (Å²) in [5, 5.41) is 0. The summed E-state index contributed by atoms with van der Waals surface area (Å²) in [6.45, 7) is -0.00236. The Morgan fingerprint density at radius 2 is 2.00 bits per heavy atom. The molecule has 1 aliphatic rings. The van der Waals surface area contributed by atoms with Crippen LogP contribution in [0.1, 0.15) is 35.6 Å². The standard InChI is InChI=1S/C17H17F2NO/c18-13-5-7-16(19)12(8-13)10-21-14-6-4-11-2-1-3-17(20)15(11)9-14/h4-9,17H,1-3,10,20H2/t17-/m1/s1. The number of nitrogens with two attached hydrogens (primary N) is 1. The highest BCUT2D eigenvalue weighted by molar-refractivity contribution is 5.39. The Hall–Kier alpha value is -1.94. The Morgan fingerprint density at radius 3 is 2.86 bits per heavy atom. The minimum atomic E-state index is -0.470. The number of rotatable bonds is 3. The van der Waals surface area contributed by atoms with Crippen LogP contribution in [0, 0.1) is 11.6 Å². The topological polar surface area (TPSA) is 35.2 Å². The van der Waals surface area contributed by atoms with E-state index in [0.717, 1.165) is 43.0 Å². The Kier molecular flexibility index (Phi) is 3.88. The number of halogens is 2. The van der Waals surface area contributed by atoms with Crippen LogP contribution < -0.4 is 10.5 Å². The van der Waals surface area contributed by atoms with Crippen molar-refractivity contribution in [1.29, 1.82) is 0 Å². The highest BCUT2D eigenvalue weighted by Crippen LogP contribution is 2.31. The summed E-state index contributed by atoms with van der Waals surface area (Å²) in [7, 11) is 0. The molecule has 0 fully saturated rings. The number of fused-ring (bicyclic) bond motifs is 1. The first-order chi connectivity index (χ1) is 10.1. The van der Waals surface area contributed by atoms with E-state index in [4.69, 9.17) is 10.5 Å². The highest BCUT2D eigenvalue weighted by Gasteiger charge is 2.17. The summed E-state index contributed by atoms with van der Waals surface area (Å²) in [4.78, 5) is 0. The van der Waals surface area contributed by atoms with Gasteiger partial charge < -0.3 is 10.5 Å². The minimum Gasteiger partial charge on any atom is -0.489 e. The molecular formula is C17H17F2NO. The molecule has 2 aromatic carbocycles. The van der Waals surface area contributed by atoms with Crippen LogP contribution in [0.25, 0.3) is 0 Å². The van der Waals surface area contributed by atoms with Crippen molar-refractivity contribution < 1.29 is 13.5 Å². The number of hydrogen-bond donors (Lipinski definition) is 1. The van der Waals surface area contributed by atoms with Crippen molar-refractivity contribution in [2.75, 3.05) is 0 Å². The molecule has 0 amide bonds. The molecule has 4 heteroatoms. The molecule has 21 heavy (non-hydrogen) atoms. The molecule has 2 nitrogen and oxygen atoms in total. The van der Waals surface area contributed by atoms with Gasteiger partial charge in [0.05, 0.1) is 0 Å². The van der Waals surface area contributed by atoms with Gasteiger partial charge in [0.1, 0.15) is 24.0 Å². The number of aryl methyl sites for hydroxylation is 1. The van der Waals surface area contributed by atoms with Crippen molar-refractivity contribution in [3.63, 3.8) is 0 Å². The summed E-state index contributed by atoms with van der Waals surface area (Å²) in [5.74, 6) is -0.303. The van der Waals surface area contributed by atoms with E-state index in [-0.39, 0.29) is 18.2 Å². The Labute approximate surface area is 122 Å². The summed E-state index contributed by atoms with van der Waals surface area (Å²) in [6.07, 6.45) is 3.10. The molecule has 0 radical (unpaired) electrons. The summed E-state index contributed by atoms with van der Waals surface area (Å²) in [6, 6.07) is 9.16. The second kappa shape index (κ2) is 5.82. The summed E-state index contributed by atoms with van der Waals surface area (Å²) >= 11 is 0. The van der Waals surface area contributed by atoms with E-state index in [0.29, 0.717) is 5.75 Å². The lowest BCUT2D eigenvalue weighted by atomic mass is 9.88. The van der Waals surface area contributed by atoms with Crippen molar-refractivity contribution in [3.05, 3.63) is 64.7 Å². The molecule has 0 spiro atoms. The van der Waals surface area contributed by atoms with E-state index in [1.807, 2.05) is 18.2 Å². The lowest BCUT2D eigenvalue weighted by Gasteiger charge is -2.22. The quantitative estimate of drug-likeness (QED) is 0.930. The van der Waals surface area contributed by atoms with E-state index in [9.17, 15) is 8.78 Å². The number of hydrogen-bond acceptors (Lipinski definition) is 2. The van der Waals surface area contributed by atoms with Gasteiger partial charge in [-0.25, -0.2) is 8.78 Å². The van der Waals surface area contributed by atoms with E-state index < -0.39 is 11.6 Å². The molecule has 110 valence electrons. The lowest BCUT2D eigenvalue weighted by Crippen LogP contribution is -2.17. The maximum atomic E-state index is 13.5. The fraction of sp³-hybridized carbons (Fsp3) is 0.294. The van der Waals surface area contributed by atoms with E-state index in [1.165, 1.54) is 5.56 Å². The van der Waals surface area contributed by atoms with Crippen molar-refractivity contribution in [2.45, 2.75) is 31.9 Å². The molecule has 0 aromatic heterocycles. The van der Waals surface area contributed by atoms with Gasteiger partial charge in [-0.1, -0.05) is 6.07 Å². The molecule has 0 aliphatic heterocycles. The maximum Gasteiger partial charge on any atom is 0.130 e. The zero-order valence-electron chi connectivity index (χ0n) is 11.6. The second-order valence-electron chi connectivity index (χ2n) is 5.38. The van der Waals surface area contributed by atoms with Crippen molar-refractivity contribution >= 4 is 0 Å². The summed E-state index contributed by atoms with van der Waals surface area (Å²) < 4.78 is 32.2. The molecule has 1 aliphatic carbocycles. The monoisotopic (exact) mass is 289 g/mol. The first-order valence-corrected chi connectivity index (χ1v) is 7.08. The van der Waals surface area contributed by atoms with Crippen LogP contribution in [0.4, 0.5) is 8.78 Å². The predicted molar refractivity (Wildman–Crippen MR) is 77.0 cm³/mol. The number of benzene rings is 2. The van der Waals surface area contributed by atoms with Gasteiger partial charge in [0, 0.05) is 11.6 Å². The second-order valence-corrected chi connectivity index (χ2v) is 5.38. The normalized spacial score (nSPS) is 17.4. The van der Waals surface area contributed by atoms with Gasteiger partial charge in [0.25, 0.3) is 0 Å². The molecular weight excluding hydrogens is 272 g/mol. The van der Waals surface area contributed by atoms with Crippen molar-refractivity contribution in [2.24, 2.45) is 5.73 Å². The van der Waals surface area contributed by atoms with E-state index >= 15 is 0 Å². The highest BCUT2D eigenvalue weighted by atomic mass is 19.1. The van der Waals surface area contributed by atoms with E-state index in [1.54, 1.807) is 0 Å². The first-order valence-electron chi connectivity index (χ1n) is 7.08. The van der Waals surface area contributed by atoms with Gasteiger partial charge in [-0.15, -0.1) is 0 Å². The van der Waals surface area contributed by atoms with Gasteiger partial charge in [0.2, 0.25) is 0 Å². The van der Waals surface area contributed by atoms with Gasteiger partial charge in [-0.2, -0.15) is 0 Å². The minimum absolute atomic E-state index is 0.00236. The van der Waals surface area contributed by atoms with Crippen molar-refractivity contribution in [3.8, 4) is 5.75 Å². The van der Waals surface area contributed by atoms with Gasteiger partial charge >= 0.3 is 0 Å². The molecule has 2 N–H and O–H groups in total. The van der Waals surface area contributed by atoms with E-state index in [2.05, 4.69) is 0 Å². The van der Waals surface area contributed by atoms with Crippen LogP contribution in [0.5, 0.6) is 5.75 Å². The van der Waals surface area contributed by atoms with Crippen LogP contribution >= 0.6 is 0 Å². The zero-order chi connectivity index (χ0) is 14.8. The molecule has 0 heterocycles. The Balaban J connectivity index is 1.76. The molecule has 0 saturated heterocycles. The molecule has 1 atom stereocenters. The molecule has 2 aromatic rings. The van der Waals surface area contributed by atoms with Crippen LogP contribution in [0.2, 0.25) is 0 Å². The third-order valence-corrected chi connectivity index (χ3v) is 3.88. The Bertz CT molecular complexity index is 657. The molecule has 0 bridgehead atoms. The largest absolute Gasteiger partial charge is 0.489 e. The Morgan fingerprint density at radius 1 is 1.14 bits per heavy atom. The average molecular weight is 289 g/mol. The SMILES string of the molecule is N[C@@H]1CCCc2ccc(OCc3cc(F)ccc3F)cc21. The third kappa shape index (κ3) is 3.05. The smallest absolute Gasteiger partial charge is 0.130 e. The van der Waals surface area contributed by atoms with Crippen LogP contribution in [0.3, 0.4) is 0 Å². The van der Waals surface area contributed by atoms with Crippen LogP contribution in [-0.4, -0.2) is 0 Å². The predicted octanol–water partition coefficient (Wildman–Crippen LogP) is 3.88. The maximum absolute atomic E-state index is 13.5. The van der Waals surface area contributed by atoms with Gasteiger partial charge in [0.15, 0.2) is 0 Å². The van der Waals surface area contributed by atoms with Crippen LogP contribution in [-0.2, 0) is 13.0 Å². The third-order valence-electron chi connectivity index (χ3n) is 3.88. The zero-order valence-corrected chi connectivity index (χ0v) is 11.6. The van der Waals surface area contributed by atoms with Gasteiger partial charge in [-0.3, -0.25) is 0 Å². The van der Waals surface area contributed by atoms with Crippen LogP contribution in [0.15, 0.2) is 36.4 Å². The molecule has 3 rings (SSSR count).